The molecule has 0 fully saturated rings. The van der Waals surface area contributed by atoms with Gasteiger partial charge in [-0.05, 0) is 43.2 Å². The number of aromatic amines is 1. The molecular weight excluding hydrogens is 336 g/mol. The summed E-state index contributed by atoms with van der Waals surface area (Å²) in [5, 5.41) is 3.96. The summed E-state index contributed by atoms with van der Waals surface area (Å²) in [7, 11) is 0. The van der Waals surface area contributed by atoms with Crippen molar-refractivity contribution >= 4 is 22.6 Å². The third-order valence-corrected chi connectivity index (χ3v) is 4.59. The summed E-state index contributed by atoms with van der Waals surface area (Å²) in [5.74, 6) is -0.0249. The van der Waals surface area contributed by atoms with Crippen molar-refractivity contribution in [3.63, 3.8) is 0 Å². The van der Waals surface area contributed by atoms with Gasteiger partial charge in [-0.1, -0.05) is 42.0 Å². The number of fused-ring (bicyclic) bond motifs is 1. The highest BCUT2D eigenvalue weighted by Crippen LogP contribution is 2.25. The van der Waals surface area contributed by atoms with E-state index in [1.54, 1.807) is 6.33 Å². The monoisotopic (exact) mass is 356 g/mol. The third kappa shape index (κ3) is 3.72. The van der Waals surface area contributed by atoms with Crippen LogP contribution in [0, 0.1) is 13.8 Å². The lowest BCUT2D eigenvalue weighted by Gasteiger charge is -2.07. The van der Waals surface area contributed by atoms with Crippen LogP contribution in [0.4, 0.5) is 5.69 Å². The van der Waals surface area contributed by atoms with Gasteiger partial charge in [-0.15, -0.1) is 0 Å². The van der Waals surface area contributed by atoms with Crippen molar-refractivity contribution in [3.05, 3.63) is 77.7 Å². The Morgan fingerprint density at radius 3 is 2.44 bits per heavy atom. The molecule has 2 heterocycles. The highest BCUT2D eigenvalue weighted by atomic mass is 16.1. The molecule has 0 unspecified atom stereocenters. The Morgan fingerprint density at radius 2 is 1.74 bits per heavy atom. The Kier molecular flexibility index (Phi) is 4.42. The quantitative estimate of drug-likeness (QED) is 0.568. The highest BCUT2D eigenvalue weighted by molar-refractivity contribution is 5.92. The second-order valence-corrected chi connectivity index (χ2v) is 6.69. The first-order chi connectivity index (χ1) is 13.1. The van der Waals surface area contributed by atoms with Crippen molar-refractivity contribution in [1.29, 1.82) is 0 Å². The smallest absolute Gasteiger partial charge is 0.228 e. The molecule has 0 aliphatic rings. The summed E-state index contributed by atoms with van der Waals surface area (Å²) in [6.07, 6.45) is 1.92. The van der Waals surface area contributed by atoms with Crippen LogP contribution in [0.1, 0.15) is 16.8 Å². The molecule has 5 heteroatoms. The largest absolute Gasteiger partial charge is 0.339 e. The summed E-state index contributed by atoms with van der Waals surface area (Å²) in [4.78, 5) is 24.0. The molecule has 4 rings (SSSR count). The van der Waals surface area contributed by atoms with Gasteiger partial charge in [0.1, 0.15) is 12.0 Å². The van der Waals surface area contributed by atoms with Crippen LogP contribution in [0.15, 0.2) is 60.9 Å². The van der Waals surface area contributed by atoms with Crippen LogP contribution in [0.3, 0.4) is 0 Å². The second kappa shape index (κ2) is 7.03. The molecule has 0 atom stereocenters. The number of hydrogen-bond donors (Lipinski definition) is 2. The third-order valence-electron chi connectivity index (χ3n) is 4.59. The summed E-state index contributed by atoms with van der Waals surface area (Å²) < 4.78 is 0. The number of aromatic nitrogens is 3. The Bertz CT molecular complexity index is 1100. The van der Waals surface area contributed by atoms with Gasteiger partial charge in [0.05, 0.1) is 12.1 Å². The van der Waals surface area contributed by atoms with Crippen molar-refractivity contribution in [1.82, 2.24) is 15.0 Å². The maximum absolute atomic E-state index is 12.2. The molecule has 5 nitrogen and oxygen atoms in total. The van der Waals surface area contributed by atoms with Crippen molar-refractivity contribution in [3.8, 4) is 11.3 Å². The number of hydrogen-bond acceptors (Lipinski definition) is 3. The van der Waals surface area contributed by atoms with Gasteiger partial charge in [0.15, 0.2) is 0 Å². The molecule has 134 valence electrons. The summed E-state index contributed by atoms with van der Waals surface area (Å²) in [5.41, 5.74) is 6.76. The van der Waals surface area contributed by atoms with Crippen LogP contribution in [0.5, 0.6) is 0 Å². The van der Waals surface area contributed by atoms with Gasteiger partial charge in [0.2, 0.25) is 5.91 Å². The standard InChI is InChI=1S/C22H20N4O/c1-14-3-5-16(6-4-14)11-21(27)25-18-9-7-17(8-10-18)20-12-19-15(2)23-13-24-22(19)26-20/h3-10,12-13H,11H2,1-2H3,(H,25,27)(H,23,24,26). The van der Waals surface area contributed by atoms with Crippen LogP contribution in [-0.4, -0.2) is 20.9 Å². The maximum Gasteiger partial charge on any atom is 0.228 e. The van der Waals surface area contributed by atoms with Gasteiger partial charge in [-0.3, -0.25) is 4.79 Å². The van der Waals surface area contributed by atoms with Crippen LogP contribution in [-0.2, 0) is 11.2 Å². The summed E-state index contributed by atoms with van der Waals surface area (Å²) >= 11 is 0. The van der Waals surface area contributed by atoms with Gasteiger partial charge in [0, 0.05) is 16.8 Å². The first-order valence-corrected chi connectivity index (χ1v) is 8.84. The minimum atomic E-state index is -0.0249. The maximum atomic E-state index is 12.2. The number of benzene rings is 2. The molecule has 0 aliphatic carbocycles. The molecule has 0 bridgehead atoms. The van der Waals surface area contributed by atoms with E-state index in [4.69, 9.17) is 0 Å². The van der Waals surface area contributed by atoms with Crippen molar-refractivity contribution < 1.29 is 4.79 Å². The molecule has 4 aromatic rings. The van der Waals surface area contributed by atoms with E-state index in [2.05, 4.69) is 26.3 Å². The van der Waals surface area contributed by atoms with Gasteiger partial charge in [-0.25, -0.2) is 9.97 Å². The number of nitrogens with one attached hydrogen (secondary N) is 2. The number of nitrogens with zero attached hydrogens (tertiary/aromatic N) is 2. The molecule has 2 aromatic carbocycles. The second-order valence-electron chi connectivity index (χ2n) is 6.69. The van der Waals surface area contributed by atoms with E-state index in [-0.39, 0.29) is 5.91 Å². The fraction of sp³-hybridized carbons (Fsp3) is 0.136. The molecular formula is C22H20N4O. The van der Waals surface area contributed by atoms with Gasteiger partial charge in [0.25, 0.3) is 0 Å². The number of anilines is 1. The normalized spacial score (nSPS) is 10.9. The highest BCUT2D eigenvalue weighted by Gasteiger charge is 2.08. The number of amides is 1. The lowest BCUT2D eigenvalue weighted by molar-refractivity contribution is -0.115. The van der Waals surface area contributed by atoms with E-state index in [0.717, 1.165) is 39.2 Å². The number of rotatable bonds is 4. The molecule has 0 saturated carbocycles. The van der Waals surface area contributed by atoms with E-state index < -0.39 is 0 Å². The van der Waals surface area contributed by atoms with Crippen LogP contribution >= 0.6 is 0 Å². The fourth-order valence-electron chi connectivity index (χ4n) is 3.05. The minimum absolute atomic E-state index is 0.0249. The van der Waals surface area contributed by atoms with E-state index in [1.165, 1.54) is 5.56 Å². The Morgan fingerprint density at radius 1 is 1.00 bits per heavy atom. The average Bonchev–Trinajstić information content (AvgIpc) is 3.10. The SMILES string of the molecule is Cc1ccc(CC(=O)Nc2ccc(-c3cc4c(C)ncnc4[nH]3)cc2)cc1. The van der Waals surface area contributed by atoms with E-state index in [1.807, 2.05) is 62.4 Å². The Hall–Kier alpha value is -3.47. The lowest BCUT2D eigenvalue weighted by atomic mass is 10.1. The predicted octanol–water partition coefficient (Wildman–Crippen LogP) is 4.42. The first-order valence-electron chi connectivity index (χ1n) is 8.84. The molecule has 0 spiro atoms. The summed E-state index contributed by atoms with van der Waals surface area (Å²) in [6.45, 7) is 4.00. The zero-order valence-corrected chi connectivity index (χ0v) is 15.3. The number of carbonyl (C=O) groups excluding carboxylic acids is 1. The first kappa shape index (κ1) is 17.0. The average molecular weight is 356 g/mol. The number of H-pyrrole nitrogens is 1. The predicted molar refractivity (Wildman–Crippen MR) is 108 cm³/mol. The van der Waals surface area contributed by atoms with Crippen molar-refractivity contribution in [2.75, 3.05) is 5.32 Å². The molecule has 0 aliphatic heterocycles. The van der Waals surface area contributed by atoms with Crippen molar-refractivity contribution in [2.45, 2.75) is 20.3 Å². The summed E-state index contributed by atoms with van der Waals surface area (Å²) in [6, 6.07) is 17.8. The number of carbonyl (C=O) groups is 1. The Labute approximate surface area is 157 Å². The lowest BCUT2D eigenvalue weighted by Crippen LogP contribution is -2.14. The van der Waals surface area contributed by atoms with Crippen LogP contribution < -0.4 is 5.32 Å². The molecule has 0 radical (unpaired) electrons. The van der Waals surface area contributed by atoms with Crippen LogP contribution in [0.25, 0.3) is 22.3 Å². The van der Waals surface area contributed by atoms with E-state index in [0.29, 0.717) is 6.42 Å². The van der Waals surface area contributed by atoms with Gasteiger partial charge >= 0.3 is 0 Å². The molecule has 0 saturated heterocycles. The van der Waals surface area contributed by atoms with Crippen molar-refractivity contribution in [2.24, 2.45) is 0 Å². The van der Waals surface area contributed by atoms with Gasteiger partial charge < -0.3 is 10.3 Å². The molecule has 1 amide bonds. The van der Waals surface area contributed by atoms with E-state index >= 15 is 0 Å². The zero-order chi connectivity index (χ0) is 18.8. The molecule has 27 heavy (non-hydrogen) atoms. The van der Waals surface area contributed by atoms with E-state index in [9.17, 15) is 4.79 Å². The molecule has 2 N–H and O–H groups in total. The topological polar surface area (TPSA) is 70.7 Å². The number of aryl methyl sites for hydroxylation is 2. The minimum Gasteiger partial charge on any atom is -0.339 e. The zero-order valence-electron chi connectivity index (χ0n) is 15.3. The fourth-order valence-corrected chi connectivity index (χ4v) is 3.05. The molecule has 2 aromatic heterocycles. The van der Waals surface area contributed by atoms with Gasteiger partial charge in [-0.2, -0.15) is 0 Å². The van der Waals surface area contributed by atoms with Crippen LogP contribution in [0.2, 0.25) is 0 Å². The Balaban J connectivity index is 1.47.